The second kappa shape index (κ2) is 17.8. The van der Waals surface area contributed by atoms with Crippen molar-refractivity contribution in [2.24, 2.45) is 0 Å². The lowest BCUT2D eigenvalue weighted by atomic mass is 9.92. The summed E-state index contributed by atoms with van der Waals surface area (Å²) in [5.41, 5.74) is 2.56. The number of benzene rings is 3. The van der Waals surface area contributed by atoms with Crippen LogP contribution in [0.3, 0.4) is 0 Å². The first-order chi connectivity index (χ1) is 23.6. The number of esters is 1. The number of carbonyl (C=O) groups is 3. The smallest absolute Gasteiger partial charge is 0.416 e. The lowest BCUT2D eigenvalue weighted by Gasteiger charge is -2.34. The molecule has 0 fully saturated rings. The van der Waals surface area contributed by atoms with Gasteiger partial charge in [0.15, 0.2) is 17.2 Å². The molecule has 3 aromatic carbocycles. The van der Waals surface area contributed by atoms with Crippen molar-refractivity contribution in [3.8, 4) is 17.2 Å². The molecule has 2 unspecified atom stereocenters. The third-order valence-electron chi connectivity index (χ3n) is 8.39. The fourth-order valence-corrected chi connectivity index (χ4v) is 6.13. The molecule has 4 rings (SSSR count). The summed E-state index contributed by atoms with van der Waals surface area (Å²) < 4.78 is 22.2. The van der Waals surface area contributed by atoms with Gasteiger partial charge in [-0.15, -0.1) is 0 Å². The van der Waals surface area contributed by atoms with E-state index in [4.69, 9.17) is 48.7 Å². The van der Waals surface area contributed by atoms with Gasteiger partial charge in [0, 0.05) is 19.5 Å². The highest BCUT2D eigenvalue weighted by Gasteiger charge is 2.36. The highest BCUT2D eigenvalue weighted by Crippen LogP contribution is 2.39. The standard InChI is InChI=1S/C36H40Cl2N4O7/c1-6-41(7-2)16-17-48-35(44)29(40-34(43)25-10-8-9-11-27(25)37)19-23-12-13-31(28(38)18-23)49-36(45)42-15-14-24-20-32(46-4)33(47-5)21-26(24)30(42)22-39-3/h8-13,18,20-21,29-30H,6-7,14-17,19,22H2,1-2,4-5H3,(H,40,43). The number of likely N-dealkylation sites (N-methyl/N-ethyl adjacent to an activating group) is 1. The number of methoxy groups -OCH3 is 2. The summed E-state index contributed by atoms with van der Waals surface area (Å²) in [5, 5.41) is 3.13. The zero-order valence-electron chi connectivity index (χ0n) is 28.0. The van der Waals surface area contributed by atoms with E-state index in [0.29, 0.717) is 36.6 Å². The summed E-state index contributed by atoms with van der Waals surface area (Å²) >= 11 is 12.8. The predicted molar refractivity (Wildman–Crippen MR) is 187 cm³/mol. The molecule has 1 aliphatic rings. The summed E-state index contributed by atoms with van der Waals surface area (Å²) in [6.45, 7) is 14.3. The van der Waals surface area contributed by atoms with Gasteiger partial charge in [0.25, 0.3) is 5.91 Å². The third-order valence-corrected chi connectivity index (χ3v) is 9.01. The van der Waals surface area contributed by atoms with E-state index in [1.54, 1.807) is 49.6 Å². The summed E-state index contributed by atoms with van der Waals surface area (Å²) in [4.78, 5) is 47.0. The minimum Gasteiger partial charge on any atom is -0.493 e. The third kappa shape index (κ3) is 9.35. The van der Waals surface area contributed by atoms with Crippen molar-refractivity contribution in [2.75, 3.05) is 53.6 Å². The molecule has 0 spiro atoms. The van der Waals surface area contributed by atoms with Crippen molar-refractivity contribution < 1.29 is 33.3 Å². The number of carbonyl (C=O) groups excluding carboxylic acids is 3. The van der Waals surface area contributed by atoms with E-state index in [9.17, 15) is 14.4 Å². The molecule has 0 saturated heterocycles. The van der Waals surface area contributed by atoms with Gasteiger partial charge < -0.3 is 34.0 Å². The molecule has 2 atom stereocenters. The highest BCUT2D eigenvalue weighted by atomic mass is 35.5. The summed E-state index contributed by atoms with van der Waals surface area (Å²) in [6, 6.07) is 13.3. The zero-order chi connectivity index (χ0) is 35.5. The number of hydrogen-bond acceptors (Lipinski definition) is 8. The number of nitrogens with one attached hydrogen (secondary N) is 1. The fraction of sp³-hybridized carbons (Fsp3) is 0.389. The Labute approximate surface area is 296 Å². The number of nitrogens with zero attached hydrogens (tertiary/aromatic N) is 3. The van der Waals surface area contributed by atoms with Crippen LogP contribution in [0.2, 0.25) is 10.0 Å². The van der Waals surface area contributed by atoms with Gasteiger partial charge in [0.1, 0.15) is 18.7 Å². The number of hydrogen-bond donors (Lipinski definition) is 1. The Morgan fingerprint density at radius 3 is 2.37 bits per heavy atom. The highest BCUT2D eigenvalue weighted by molar-refractivity contribution is 6.34. The quantitative estimate of drug-likeness (QED) is 0.154. The zero-order valence-corrected chi connectivity index (χ0v) is 29.5. The van der Waals surface area contributed by atoms with Crippen LogP contribution in [0.1, 0.15) is 46.9 Å². The van der Waals surface area contributed by atoms with Gasteiger partial charge in [0.05, 0.1) is 29.8 Å². The second-order valence-electron chi connectivity index (χ2n) is 11.2. The van der Waals surface area contributed by atoms with Crippen LogP contribution in [-0.4, -0.2) is 87.4 Å². The number of amides is 2. The van der Waals surface area contributed by atoms with Crippen LogP contribution in [0, 0.1) is 6.57 Å². The van der Waals surface area contributed by atoms with Gasteiger partial charge in [0.2, 0.25) is 6.54 Å². The Hall–Kier alpha value is -4.50. The molecule has 2 amide bonds. The second-order valence-corrected chi connectivity index (χ2v) is 12.1. The van der Waals surface area contributed by atoms with E-state index in [1.165, 1.54) is 18.1 Å². The first-order valence-electron chi connectivity index (χ1n) is 15.9. The van der Waals surface area contributed by atoms with E-state index in [2.05, 4.69) is 15.1 Å². The lowest BCUT2D eigenvalue weighted by molar-refractivity contribution is -0.146. The van der Waals surface area contributed by atoms with E-state index in [1.807, 2.05) is 19.9 Å². The van der Waals surface area contributed by atoms with Gasteiger partial charge >= 0.3 is 12.1 Å². The number of ether oxygens (including phenoxy) is 4. The molecule has 13 heteroatoms. The molecule has 1 heterocycles. The van der Waals surface area contributed by atoms with E-state index >= 15 is 0 Å². The van der Waals surface area contributed by atoms with E-state index < -0.39 is 30.1 Å². The molecule has 0 radical (unpaired) electrons. The number of rotatable bonds is 14. The molecule has 0 aromatic heterocycles. The normalized spacial score (nSPS) is 14.3. The molecular formula is C36H40Cl2N4O7. The average molecular weight is 712 g/mol. The average Bonchev–Trinajstić information content (AvgIpc) is 3.10. The molecule has 0 saturated carbocycles. The Kier molecular flexibility index (Phi) is 13.5. The maximum atomic E-state index is 13.5. The first kappa shape index (κ1) is 37.3. The van der Waals surface area contributed by atoms with E-state index in [-0.39, 0.29) is 40.9 Å². The van der Waals surface area contributed by atoms with Crippen molar-refractivity contribution in [1.82, 2.24) is 15.1 Å². The number of fused-ring (bicyclic) bond motifs is 1. The van der Waals surface area contributed by atoms with Crippen LogP contribution < -0.4 is 19.5 Å². The predicted octanol–water partition coefficient (Wildman–Crippen LogP) is 6.25. The summed E-state index contributed by atoms with van der Waals surface area (Å²) in [6.07, 6.45) is -0.0845. The van der Waals surface area contributed by atoms with Crippen LogP contribution in [0.25, 0.3) is 4.85 Å². The van der Waals surface area contributed by atoms with Gasteiger partial charge in [-0.2, -0.15) is 0 Å². The first-order valence-corrected chi connectivity index (χ1v) is 16.7. The molecule has 3 aromatic rings. The van der Waals surface area contributed by atoms with Crippen LogP contribution in [-0.2, 0) is 22.4 Å². The Morgan fingerprint density at radius 2 is 1.71 bits per heavy atom. The van der Waals surface area contributed by atoms with Gasteiger partial charge in [-0.1, -0.05) is 55.2 Å². The molecule has 1 N–H and O–H groups in total. The maximum Gasteiger partial charge on any atom is 0.416 e. The van der Waals surface area contributed by atoms with Crippen LogP contribution in [0.15, 0.2) is 54.6 Å². The molecule has 11 nitrogen and oxygen atoms in total. The van der Waals surface area contributed by atoms with Gasteiger partial charge in [-0.05, 0) is 72.6 Å². The van der Waals surface area contributed by atoms with Crippen molar-refractivity contribution in [1.29, 1.82) is 0 Å². The molecule has 0 aliphatic carbocycles. The Balaban J connectivity index is 1.50. The van der Waals surface area contributed by atoms with Crippen molar-refractivity contribution in [2.45, 2.75) is 38.8 Å². The van der Waals surface area contributed by atoms with Crippen molar-refractivity contribution in [3.63, 3.8) is 0 Å². The van der Waals surface area contributed by atoms with E-state index in [0.717, 1.165) is 24.2 Å². The molecule has 260 valence electrons. The number of halogens is 2. The maximum absolute atomic E-state index is 13.5. The Bertz CT molecular complexity index is 1690. The summed E-state index contributed by atoms with van der Waals surface area (Å²) in [5.74, 6) is 0.0442. The molecule has 49 heavy (non-hydrogen) atoms. The Morgan fingerprint density at radius 1 is 1.00 bits per heavy atom. The fourth-order valence-electron chi connectivity index (χ4n) is 5.66. The van der Waals surface area contributed by atoms with Crippen molar-refractivity contribution in [3.05, 3.63) is 98.3 Å². The molecular weight excluding hydrogens is 671 g/mol. The minimum absolute atomic E-state index is 0.0244. The SMILES string of the molecule is [C-]#[N+]CC1c2cc(OC)c(OC)cc2CCN1C(=O)Oc1ccc(CC(NC(=O)c2ccccc2Cl)C(=O)OCCN(CC)CC)cc1Cl. The largest absolute Gasteiger partial charge is 0.493 e. The van der Waals surface area contributed by atoms with Crippen LogP contribution in [0.4, 0.5) is 4.79 Å². The lowest BCUT2D eigenvalue weighted by Crippen LogP contribution is -2.44. The topological polar surface area (TPSA) is 111 Å². The minimum atomic E-state index is -1.05. The molecule has 1 aliphatic heterocycles. The van der Waals surface area contributed by atoms with Crippen LogP contribution in [0.5, 0.6) is 17.2 Å². The molecule has 0 bridgehead atoms. The van der Waals surface area contributed by atoms with Crippen LogP contribution >= 0.6 is 23.2 Å². The van der Waals surface area contributed by atoms with Crippen molar-refractivity contribution >= 4 is 41.2 Å². The summed E-state index contributed by atoms with van der Waals surface area (Å²) in [7, 11) is 3.08. The van der Waals surface area contributed by atoms with Gasteiger partial charge in [-0.25, -0.2) is 16.2 Å². The van der Waals surface area contributed by atoms with Gasteiger partial charge in [-0.3, -0.25) is 9.69 Å². The monoisotopic (exact) mass is 710 g/mol.